The van der Waals surface area contributed by atoms with Crippen molar-refractivity contribution in [1.82, 2.24) is 20.4 Å². The van der Waals surface area contributed by atoms with Crippen molar-refractivity contribution in [3.05, 3.63) is 48.8 Å². The number of amides is 2. The van der Waals surface area contributed by atoms with E-state index in [1.807, 2.05) is 0 Å². The zero-order valence-electron chi connectivity index (χ0n) is 36.8. The van der Waals surface area contributed by atoms with Gasteiger partial charge in [-0.05, 0) is 6.92 Å². The van der Waals surface area contributed by atoms with Gasteiger partial charge in [0, 0.05) is 42.0 Å². The normalized spacial score (nSPS) is 39.7. The van der Waals surface area contributed by atoms with E-state index in [1.165, 1.54) is 22.2 Å². The van der Waals surface area contributed by atoms with Crippen LogP contribution in [0, 0.1) is 0 Å². The highest BCUT2D eigenvalue weighted by molar-refractivity contribution is 7.80. The predicted octanol–water partition coefficient (Wildman–Crippen LogP) is -6.17. The van der Waals surface area contributed by atoms with Crippen LogP contribution in [0.5, 0.6) is 0 Å². The number of rotatable bonds is 18. The first-order chi connectivity index (χ1) is 33.3. The fraction of sp³-hybridized carbons (Fsp3) is 0.697. The van der Waals surface area contributed by atoms with Gasteiger partial charge in [0.1, 0.15) is 78.9 Å². The number of hydrogen-bond acceptors (Lipinski definition) is 31. The first-order valence-electron chi connectivity index (χ1n) is 20.6. The summed E-state index contributed by atoms with van der Waals surface area (Å²) in [5.74, 6) is -1.08. The van der Waals surface area contributed by atoms with E-state index in [9.17, 15) is 93.4 Å². The number of thiol groups is 2. The van der Waals surface area contributed by atoms with Gasteiger partial charge in [-0.25, -0.2) is 17.8 Å². The number of phosphoric acid groups is 4. The lowest BCUT2D eigenvalue weighted by Gasteiger charge is -2.41. The van der Waals surface area contributed by atoms with Crippen LogP contribution in [0.25, 0.3) is 0 Å². The quantitative estimate of drug-likeness (QED) is 0.0448. The zero-order chi connectivity index (χ0) is 54.0. The Morgan fingerprint density at radius 3 is 1.60 bits per heavy atom. The Labute approximate surface area is 418 Å². The highest BCUT2D eigenvalue weighted by atomic mass is 32.1. The van der Waals surface area contributed by atoms with Crippen LogP contribution in [0.15, 0.2) is 48.8 Å². The van der Waals surface area contributed by atoms with Crippen LogP contribution in [0.3, 0.4) is 0 Å². The third-order valence-corrected chi connectivity index (χ3v) is 16.6. The van der Waals surface area contributed by atoms with Crippen molar-refractivity contribution in [3.8, 4) is 0 Å². The van der Waals surface area contributed by atoms with E-state index < -0.39 is 155 Å². The third-order valence-electron chi connectivity index (χ3n) is 10.7. The SMILES string of the molecule is C=C1NC(=O)C(C)=CN1[C@H]1CC(O)[C@@H](COP(=O)(O)OP(=O)([O-])O[C@H]2OC(CS)[C@@H](O)[C@H](O)C2O)O1.C=C1NC(=O)C=CN1[C@@H]1O[C@H](COP(=O)(O)OP(=O)([O-])O[C@H]2OC(CS)[C@@H](O)[C@H](O)C2O)C(O)[C@@H]1O. The van der Waals surface area contributed by atoms with E-state index in [-0.39, 0.29) is 35.5 Å². The van der Waals surface area contributed by atoms with Crippen molar-refractivity contribution in [2.24, 2.45) is 0 Å². The molecule has 0 radical (unpaired) electrons. The molecule has 6 aliphatic heterocycles. The summed E-state index contributed by atoms with van der Waals surface area (Å²) in [7, 11) is -22.3. The molecule has 13 N–H and O–H groups in total. The van der Waals surface area contributed by atoms with Gasteiger partial charge in [-0.15, -0.1) is 0 Å². The van der Waals surface area contributed by atoms with Crippen LogP contribution in [0.2, 0.25) is 0 Å². The van der Waals surface area contributed by atoms with Gasteiger partial charge in [0.15, 0.2) is 18.8 Å². The monoisotopic (exact) mass is 1160 g/mol. The molecule has 0 bridgehead atoms. The third kappa shape index (κ3) is 15.4. The Bertz CT molecular complexity index is 2250. The molecule has 0 aromatic heterocycles. The molecular weight excluding hydrogens is 1100 g/mol. The molecule has 6 rings (SSSR count). The first kappa shape index (κ1) is 61.1. The minimum atomic E-state index is -5.75. The molecule has 0 aromatic rings. The summed E-state index contributed by atoms with van der Waals surface area (Å²) in [5.41, 5.74) is 0.342. The Kier molecular flexibility index (Phi) is 20.9. The van der Waals surface area contributed by atoms with Crippen LogP contribution < -0.4 is 20.4 Å². The largest absolute Gasteiger partial charge is 0.756 e. The summed E-state index contributed by atoms with van der Waals surface area (Å²) in [6, 6.07) is 0. The Morgan fingerprint density at radius 2 is 1.12 bits per heavy atom. The lowest BCUT2D eigenvalue weighted by molar-refractivity contribution is -0.295. The molecule has 412 valence electrons. The summed E-state index contributed by atoms with van der Waals surface area (Å²) in [5, 5.41) is 94.4. The molecule has 39 heteroatoms. The molecule has 33 nitrogen and oxygen atoms in total. The number of carbonyl (C=O) groups is 2. The average Bonchev–Trinajstić information content (AvgIpc) is 3.79. The van der Waals surface area contributed by atoms with Gasteiger partial charge < -0.3 is 105 Å². The van der Waals surface area contributed by atoms with Crippen molar-refractivity contribution >= 4 is 68.4 Å². The fourth-order valence-electron chi connectivity index (χ4n) is 6.99. The van der Waals surface area contributed by atoms with Crippen LogP contribution in [-0.4, -0.2) is 206 Å². The van der Waals surface area contributed by atoms with Crippen molar-refractivity contribution in [2.45, 2.75) is 118 Å². The van der Waals surface area contributed by atoms with Gasteiger partial charge in [0.2, 0.25) is 0 Å². The molecule has 6 heterocycles. The lowest BCUT2D eigenvalue weighted by Crippen LogP contribution is -2.58. The second-order valence-electron chi connectivity index (χ2n) is 15.9. The number of hydrogen-bond donors (Lipinski definition) is 15. The molecule has 4 fully saturated rings. The van der Waals surface area contributed by atoms with Gasteiger partial charge in [-0.3, -0.25) is 36.8 Å². The molecule has 6 aliphatic rings. The number of nitrogens with zero attached hydrogens (tertiary/aromatic N) is 2. The standard InChI is InChI=1S/C17H28N2O14P2S.C16H26N2O15P2S/c1-7-4-19(8(2)18-16(7)24)12-3-9(20)10(30-12)5-29-34(25,26)33-35(27,28)32-17-15(23)14(22)13(21)11(6-36)31-17;1-6-17-9(19)2-3-18(6)15-13(23)10(20)7(30-15)4-29-34(25,26)33-35(27,28)32-16-14(24)12(22)11(21)8(5-36)31-16/h4,9-15,17,20-23,36H,2-3,5-6H2,1H3,(H,18,24)(H,25,26)(H,27,28);2-3,7-8,10-16,20-24,36H,1,4-5H2,(H,17,19)(H,25,26)(H,27,28)/p-2/t9?,10-,11?,12-,13-,14+,15?,17-;7-,8?,10?,11-,12+,13+,14?,15-,16-/m11/s1. The molecule has 0 saturated carbocycles. The molecule has 0 aromatic carbocycles. The molecule has 10 unspecified atom stereocenters. The second kappa shape index (κ2) is 24.7. The molecule has 0 aliphatic carbocycles. The Hall–Kier alpha value is -1.80. The lowest BCUT2D eigenvalue weighted by atomic mass is 10.0. The number of carbonyl (C=O) groups excluding carboxylic acids is 2. The molecule has 72 heavy (non-hydrogen) atoms. The molecule has 0 spiro atoms. The number of phosphoric ester groups is 4. The molecular formula is C33H52N4O29P4S2-2. The summed E-state index contributed by atoms with van der Waals surface area (Å²) in [4.78, 5) is 69.5. The number of ether oxygens (including phenoxy) is 4. The van der Waals surface area contributed by atoms with Crippen LogP contribution in [0.4, 0.5) is 0 Å². The Balaban J connectivity index is 0.000000267. The maximum Gasteiger partial charge on any atom is 0.478 e. The molecule has 21 atom stereocenters. The van der Waals surface area contributed by atoms with E-state index in [1.54, 1.807) is 6.92 Å². The number of aliphatic hydroxyl groups excluding tert-OH is 9. The fourth-order valence-corrected chi connectivity index (χ4v) is 11.8. The predicted molar refractivity (Wildman–Crippen MR) is 233 cm³/mol. The van der Waals surface area contributed by atoms with Crippen LogP contribution in [0.1, 0.15) is 13.3 Å². The minimum Gasteiger partial charge on any atom is -0.756 e. The van der Waals surface area contributed by atoms with Crippen molar-refractivity contribution in [1.29, 1.82) is 0 Å². The van der Waals surface area contributed by atoms with Gasteiger partial charge in [0.25, 0.3) is 27.5 Å². The highest BCUT2D eigenvalue weighted by Crippen LogP contribution is 2.60. The zero-order valence-corrected chi connectivity index (χ0v) is 42.2. The van der Waals surface area contributed by atoms with Crippen molar-refractivity contribution in [3.63, 3.8) is 0 Å². The first-order valence-corrected chi connectivity index (χ1v) is 27.7. The smallest absolute Gasteiger partial charge is 0.478 e. The van der Waals surface area contributed by atoms with Crippen molar-refractivity contribution in [2.75, 3.05) is 24.7 Å². The van der Waals surface area contributed by atoms with E-state index in [2.05, 4.69) is 75.8 Å². The van der Waals surface area contributed by atoms with Gasteiger partial charge >= 0.3 is 15.6 Å². The van der Waals surface area contributed by atoms with E-state index in [0.29, 0.717) is 5.57 Å². The number of nitrogens with one attached hydrogen (secondary N) is 2. The minimum absolute atomic E-state index is 0.00540. The molecule has 2 amide bonds. The summed E-state index contributed by atoms with van der Waals surface area (Å²) in [6.07, 6.45) is -23.3. The van der Waals surface area contributed by atoms with Crippen LogP contribution >= 0.6 is 56.5 Å². The van der Waals surface area contributed by atoms with Crippen LogP contribution in [-0.2, 0) is 73.5 Å². The van der Waals surface area contributed by atoms with Gasteiger partial charge in [0.05, 0.1) is 31.5 Å². The topological polar surface area (TPSA) is 494 Å². The van der Waals surface area contributed by atoms with E-state index in [4.69, 9.17) is 18.9 Å². The summed E-state index contributed by atoms with van der Waals surface area (Å²) in [6.45, 7) is 7.06. The average molecular weight is 1160 g/mol. The second-order valence-corrected chi connectivity index (χ2v) is 22.6. The summed E-state index contributed by atoms with van der Waals surface area (Å²) >= 11 is 7.72. The van der Waals surface area contributed by atoms with Crippen molar-refractivity contribution < 1.29 is 139 Å². The van der Waals surface area contributed by atoms with E-state index >= 15 is 0 Å². The highest BCUT2D eigenvalue weighted by Gasteiger charge is 2.50. The molecule has 4 saturated heterocycles. The number of aliphatic hydroxyl groups is 9. The van der Waals surface area contributed by atoms with Gasteiger partial charge in [-0.2, -0.15) is 25.3 Å². The van der Waals surface area contributed by atoms with E-state index in [0.717, 1.165) is 6.08 Å². The Morgan fingerprint density at radius 1 is 0.667 bits per heavy atom. The maximum atomic E-state index is 12.2. The van der Waals surface area contributed by atoms with Gasteiger partial charge in [-0.1, -0.05) is 13.2 Å². The maximum absolute atomic E-state index is 12.2. The summed E-state index contributed by atoms with van der Waals surface area (Å²) < 4.78 is 95.8.